The largest absolute Gasteiger partial charge is 0.325 e. The van der Waals surface area contributed by atoms with Crippen molar-refractivity contribution in [3.8, 4) is 6.07 Å². The van der Waals surface area contributed by atoms with Gasteiger partial charge < -0.3 is 5.32 Å². The van der Waals surface area contributed by atoms with Gasteiger partial charge in [-0.25, -0.2) is 0 Å². The lowest BCUT2D eigenvalue weighted by atomic mass is 10.1. The molecule has 2 aromatic rings. The normalized spacial score (nSPS) is 11.5. The van der Waals surface area contributed by atoms with E-state index < -0.39 is 0 Å². The van der Waals surface area contributed by atoms with E-state index >= 15 is 0 Å². The maximum absolute atomic E-state index is 12.2. The molecular weight excluding hydrogens is 360 g/mol. The summed E-state index contributed by atoms with van der Waals surface area (Å²) in [5.41, 5.74) is 1.69. The summed E-state index contributed by atoms with van der Waals surface area (Å²) >= 11 is 4.91. The summed E-state index contributed by atoms with van der Waals surface area (Å²) in [4.78, 5) is 13.3. The molecule has 2 rings (SSSR count). The van der Waals surface area contributed by atoms with E-state index in [1.165, 1.54) is 11.8 Å². The van der Waals surface area contributed by atoms with Crippen molar-refractivity contribution in [3.05, 3.63) is 58.6 Å². The first-order chi connectivity index (χ1) is 10.6. The first kappa shape index (κ1) is 16.6. The van der Waals surface area contributed by atoms with E-state index in [9.17, 15) is 4.79 Å². The average molecular weight is 375 g/mol. The lowest BCUT2D eigenvalue weighted by Gasteiger charge is -2.12. The fourth-order valence-electron chi connectivity index (χ4n) is 1.81. The maximum Gasteiger partial charge on any atom is 0.237 e. The zero-order chi connectivity index (χ0) is 15.9. The van der Waals surface area contributed by atoms with E-state index in [2.05, 4.69) is 27.3 Å². The van der Waals surface area contributed by atoms with E-state index in [0.717, 1.165) is 20.6 Å². The Balaban J connectivity index is 1.93. The highest BCUT2D eigenvalue weighted by molar-refractivity contribution is 9.10. The molecule has 112 valence electrons. The Morgan fingerprint density at radius 1 is 1.23 bits per heavy atom. The molecule has 22 heavy (non-hydrogen) atoms. The van der Waals surface area contributed by atoms with Crippen molar-refractivity contribution in [2.75, 3.05) is 5.32 Å². The predicted octanol–water partition coefficient (Wildman–Crippen LogP) is 4.63. The molecule has 1 N–H and O–H groups in total. The minimum atomic E-state index is -0.194. The number of anilines is 1. The van der Waals surface area contributed by atoms with Gasteiger partial charge >= 0.3 is 0 Å². The average Bonchev–Trinajstić information content (AvgIpc) is 2.51. The summed E-state index contributed by atoms with van der Waals surface area (Å²) in [6, 6.07) is 17.3. The topological polar surface area (TPSA) is 52.9 Å². The third-order valence-electron chi connectivity index (χ3n) is 3.00. The van der Waals surface area contributed by atoms with Gasteiger partial charge in [0.15, 0.2) is 0 Å². The summed E-state index contributed by atoms with van der Waals surface area (Å²) in [5, 5.41) is 11.3. The Labute approximate surface area is 142 Å². The molecule has 3 nitrogen and oxygen atoms in total. The van der Waals surface area contributed by atoms with Crippen LogP contribution < -0.4 is 5.32 Å². The van der Waals surface area contributed by atoms with Crippen LogP contribution in [-0.4, -0.2) is 11.2 Å². The number of amides is 1. The van der Waals surface area contributed by atoms with Crippen LogP contribution in [0.2, 0.25) is 0 Å². The SMILES string of the molecule is CC(Sc1ccc(Br)cc1)C(=O)Nc1ccc(CC#N)cc1. The second-order valence-corrected chi connectivity index (χ2v) is 7.06. The van der Waals surface area contributed by atoms with Crippen LogP contribution in [0.5, 0.6) is 0 Å². The predicted molar refractivity (Wildman–Crippen MR) is 93.8 cm³/mol. The summed E-state index contributed by atoms with van der Waals surface area (Å²) in [6.45, 7) is 1.88. The van der Waals surface area contributed by atoms with E-state index in [1.54, 1.807) is 0 Å². The molecule has 0 fully saturated rings. The minimum Gasteiger partial charge on any atom is -0.325 e. The number of hydrogen-bond donors (Lipinski definition) is 1. The fourth-order valence-corrected chi connectivity index (χ4v) is 2.94. The summed E-state index contributed by atoms with van der Waals surface area (Å²) < 4.78 is 1.02. The fraction of sp³-hybridized carbons (Fsp3) is 0.176. The second kappa shape index (κ2) is 8.02. The molecule has 0 heterocycles. The second-order valence-electron chi connectivity index (χ2n) is 4.74. The lowest BCUT2D eigenvalue weighted by molar-refractivity contribution is -0.115. The van der Waals surface area contributed by atoms with Crippen molar-refractivity contribution in [3.63, 3.8) is 0 Å². The third-order valence-corrected chi connectivity index (χ3v) is 4.64. The van der Waals surface area contributed by atoms with Gasteiger partial charge in [0, 0.05) is 15.1 Å². The monoisotopic (exact) mass is 374 g/mol. The molecule has 1 unspecified atom stereocenters. The van der Waals surface area contributed by atoms with Crippen molar-refractivity contribution in [2.24, 2.45) is 0 Å². The third kappa shape index (κ3) is 4.90. The van der Waals surface area contributed by atoms with E-state index in [0.29, 0.717) is 6.42 Å². The number of thioether (sulfide) groups is 1. The highest BCUT2D eigenvalue weighted by atomic mass is 79.9. The highest BCUT2D eigenvalue weighted by Gasteiger charge is 2.14. The van der Waals surface area contributed by atoms with Gasteiger partial charge in [0.25, 0.3) is 0 Å². The molecular formula is C17H15BrN2OS. The Kier molecular flexibility index (Phi) is 6.05. The van der Waals surface area contributed by atoms with Crippen LogP contribution in [0, 0.1) is 11.3 Å². The molecule has 0 aliphatic heterocycles. The number of carbonyl (C=O) groups is 1. The van der Waals surface area contributed by atoms with Gasteiger partial charge in [-0.05, 0) is 48.9 Å². The number of hydrogen-bond acceptors (Lipinski definition) is 3. The molecule has 0 bridgehead atoms. The number of nitriles is 1. The number of rotatable bonds is 5. The van der Waals surface area contributed by atoms with Crippen LogP contribution in [0.4, 0.5) is 5.69 Å². The van der Waals surface area contributed by atoms with Crippen molar-refractivity contribution in [2.45, 2.75) is 23.5 Å². The first-order valence-electron chi connectivity index (χ1n) is 6.77. The van der Waals surface area contributed by atoms with Gasteiger partial charge in [0.05, 0.1) is 17.7 Å². The van der Waals surface area contributed by atoms with Gasteiger partial charge in [-0.1, -0.05) is 28.1 Å². The van der Waals surface area contributed by atoms with Gasteiger partial charge in [0.2, 0.25) is 5.91 Å². The van der Waals surface area contributed by atoms with Crippen molar-refractivity contribution < 1.29 is 4.79 Å². The standard InChI is InChI=1S/C17H15BrN2OS/c1-12(22-16-8-4-14(18)5-9-16)17(21)20-15-6-2-13(3-7-15)10-11-19/h2-9,12H,10H2,1H3,(H,20,21). The van der Waals surface area contributed by atoms with Crippen LogP contribution in [-0.2, 0) is 11.2 Å². The zero-order valence-corrected chi connectivity index (χ0v) is 14.4. The van der Waals surface area contributed by atoms with Gasteiger partial charge in [-0.3, -0.25) is 4.79 Å². The quantitative estimate of drug-likeness (QED) is 0.775. The molecule has 0 saturated heterocycles. The van der Waals surface area contributed by atoms with Crippen LogP contribution in [0.1, 0.15) is 12.5 Å². The van der Waals surface area contributed by atoms with E-state index in [-0.39, 0.29) is 11.2 Å². The Bertz CT molecular complexity index is 677. The molecule has 0 aliphatic rings. The van der Waals surface area contributed by atoms with E-state index in [1.807, 2.05) is 55.5 Å². The van der Waals surface area contributed by atoms with Gasteiger partial charge in [-0.2, -0.15) is 5.26 Å². The van der Waals surface area contributed by atoms with Crippen LogP contribution in [0.15, 0.2) is 57.9 Å². The molecule has 0 radical (unpaired) electrons. The number of benzene rings is 2. The first-order valence-corrected chi connectivity index (χ1v) is 8.45. The highest BCUT2D eigenvalue weighted by Crippen LogP contribution is 2.25. The van der Waals surface area contributed by atoms with Crippen LogP contribution in [0.3, 0.4) is 0 Å². The van der Waals surface area contributed by atoms with Crippen LogP contribution >= 0.6 is 27.7 Å². The van der Waals surface area contributed by atoms with Crippen molar-refractivity contribution >= 4 is 39.3 Å². The minimum absolute atomic E-state index is 0.0408. The Hall–Kier alpha value is -1.77. The number of halogens is 1. The molecule has 5 heteroatoms. The van der Waals surface area contributed by atoms with Crippen molar-refractivity contribution in [1.82, 2.24) is 0 Å². The summed E-state index contributed by atoms with van der Waals surface area (Å²) in [6.07, 6.45) is 0.379. The maximum atomic E-state index is 12.2. The molecule has 0 saturated carbocycles. The van der Waals surface area contributed by atoms with Crippen LogP contribution in [0.25, 0.3) is 0 Å². The smallest absolute Gasteiger partial charge is 0.237 e. The molecule has 1 atom stereocenters. The van der Waals surface area contributed by atoms with Gasteiger partial charge in [0.1, 0.15) is 0 Å². The van der Waals surface area contributed by atoms with Gasteiger partial charge in [-0.15, -0.1) is 11.8 Å². The summed E-state index contributed by atoms with van der Waals surface area (Å²) in [5.74, 6) is -0.0408. The van der Waals surface area contributed by atoms with Crippen molar-refractivity contribution in [1.29, 1.82) is 5.26 Å². The number of nitrogens with zero attached hydrogens (tertiary/aromatic N) is 1. The zero-order valence-electron chi connectivity index (χ0n) is 12.0. The Morgan fingerprint density at radius 3 is 2.45 bits per heavy atom. The molecule has 0 aromatic heterocycles. The number of carbonyl (C=O) groups excluding carboxylic acids is 1. The molecule has 0 spiro atoms. The number of nitrogens with one attached hydrogen (secondary N) is 1. The molecule has 2 aromatic carbocycles. The molecule has 0 aliphatic carbocycles. The lowest BCUT2D eigenvalue weighted by Crippen LogP contribution is -2.22. The Morgan fingerprint density at radius 2 is 1.86 bits per heavy atom. The molecule has 1 amide bonds. The summed E-state index contributed by atoms with van der Waals surface area (Å²) in [7, 11) is 0. The van der Waals surface area contributed by atoms with E-state index in [4.69, 9.17) is 5.26 Å².